The fourth-order valence-corrected chi connectivity index (χ4v) is 8.05. The zero-order valence-electron chi connectivity index (χ0n) is 30.3. The molecule has 0 fully saturated rings. The summed E-state index contributed by atoms with van der Waals surface area (Å²) in [6.07, 6.45) is 0. The van der Waals surface area contributed by atoms with Crippen LogP contribution in [0, 0.1) is 0 Å². The predicted octanol–water partition coefficient (Wildman–Crippen LogP) is 15.3. The van der Waals surface area contributed by atoms with Crippen LogP contribution in [0.4, 0.5) is 17.1 Å². The second kappa shape index (κ2) is 14.0. The first-order valence-electron chi connectivity index (χ1n) is 18.9. The molecule has 0 N–H and O–H groups in total. The lowest BCUT2D eigenvalue weighted by Gasteiger charge is -2.28. The summed E-state index contributed by atoms with van der Waals surface area (Å²) in [5.74, 6) is 0. The summed E-state index contributed by atoms with van der Waals surface area (Å²) in [7, 11) is 0. The van der Waals surface area contributed by atoms with Crippen molar-refractivity contribution in [1.29, 1.82) is 0 Å². The largest absolute Gasteiger partial charge is 0.310 e. The van der Waals surface area contributed by atoms with E-state index in [1.807, 2.05) is 0 Å². The van der Waals surface area contributed by atoms with Gasteiger partial charge in [-0.1, -0.05) is 194 Å². The Kier molecular flexibility index (Phi) is 8.24. The number of rotatable bonds is 7. The molecule has 55 heavy (non-hydrogen) atoms. The number of benzene rings is 10. The summed E-state index contributed by atoms with van der Waals surface area (Å²) in [4.78, 5) is 2.44. The standard InChI is InChI=1S/C54H37N/c1-3-12-38(13-4-1)40-22-24-42(25-23-40)43-30-33-47(34-31-43)55(48-18-11-17-46(36-48)44-28-26-41(27-29-44)39-14-5-2-6-15-39)54-37-53-49-19-8-7-16-45(49)32-35-51(53)50-20-9-10-21-52(50)54/h1-37H. The van der Waals surface area contributed by atoms with Crippen LogP contribution in [-0.4, -0.2) is 0 Å². The molecule has 10 aromatic carbocycles. The van der Waals surface area contributed by atoms with Gasteiger partial charge in [-0.15, -0.1) is 0 Å². The average Bonchev–Trinajstić information content (AvgIpc) is 3.27. The number of anilines is 3. The molecule has 10 rings (SSSR count). The second-order valence-corrected chi connectivity index (χ2v) is 14.1. The minimum Gasteiger partial charge on any atom is -0.310 e. The summed E-state index contributed by atoms with van der Waals surface area (Å²) < 4.78 is 0. The Morgan fingerprint density at radius 2 is 0.655 bits per heavy atom. The topological polar surface area (TPSA) is 3.24 Å². The molecule has 0 aliphatic heterocycles. The number of hydrogen-bond donors (Lipinski definition) is 0. The maximum atomic E-state index is 2.44. The first-order valence-corrected chi connectivity index (χ1v) is 18.9. The predicted molar refractivity (Wildman–Crippen MR) is 235 cm³/mol. The molecule has 0 aliphatic carbocycles. The molecule has 0 unspecified atom stereocenters. The summed E-state index contributed by atoms with van der Waals surface area (Å²) in [6, 6.07) is 81.4. The van der Waals surface area contributed by atoms with Crippen molar-refractivity contribution in [3.8, 4) is 44.5 Å². The fourth-order valence-electron chi connectivity index (χ4n) is 8.05. The van der Waals surface area contributed by atoms with Gasteiger partial charge in [0.1, 0.15) is 0 Å². The molecular formula is C54H37N. The third-order valence-electron chi connectivity index (χ3n) is 10.9. The van der Waals surface area contributed by atoms with E-state index in [4.69, 9.17) is 0 Å². The fraction of sp³-hybridized carbons (Fsp3) is 0. The van der Waals surface area contributed by atoms with Crippen molar-refractivity contribution in [3.63, 3.8) is 0 Å². The molecule has 1 nitrogen and oxygen atoms in total. The van der Waals surface area contributed by atoms with E-state index in [0.717, 1.165) is 17.1 Å². The third kappa shape index (κ3) is 6.12. The summed E-state index contributed by atoms with van der Waals surface area (Å²) in [5.41, 5.74) is 13.0. The number of nitrogens with zero attached hydrogens (tertiary/aromatic N) is 1. The second-order valence-electron chi connectivity index (χ2n) is 14.1. The average molecular weight is 700 g/mol. The highest BCUT2D eigenvalue weighted by Crippen LogP contribution is 2.44. The van der Waals surface area contributed by atoms with E-state index in [0.29, 0.717) is 0 Å². The van der Waals surface area contributed by atoms with E-state index in [9.17, 15) is 0 Å². The summed E-state index contributed by atoms with van der Waals surface area (Å²) in [5, 5.41) is 7.47. The van der Waals surface area contributed by atoms with Gasteiger partial charge < -0.3 is 4.90 Å². The highest BCUT2D eigenvalue weighted by atomic mass is 15.1. The molecule has 10 aromatic rings. The van der Waals surface area contributed by atoms with E-state index < -0.39 is 0 Å². The van der Waals surface area contributed by atoms with Crippen LogP contribution in [-0.2, 0) is 0 Å². The highest BCUT2D eigenvalue weighted by Gasteiger charge is 2.19. The molecule has 0 amide bonds. The molecule has 1 heteroatoms. The van der Waals surface area contributed by atoms with Crippen LogP contribution in [0.3, 0.4) is 0 Å². The zero-order valence-corrected chi connectivity index (χ0v) is 30.3. The summed E-state index contributed by atoms with van der Waals surface area (Å²) in [6.45, 7) is 0. The molecule has 0 saturated heterocycles. The Bertz CT molecular complexity index is 2930. The molecule has 0 spiro atoms. The van der Waals surface area contributed by atoms with E-state index in [2.05, 4.69) is 229 Å². The van der Waals surface area contributed by atoms with E-state index >= 15 is 0 Å². The first kappa shape index (κ1) is 32.4. The van der Waals surface area contributed by atoms with Gasteiger partial charge >= 0.3 is 0 Å². The number of hydrogen-bond acceptors (Lipinski definition) is 1. The third-order valence-corrected chi connectivity index (χ3v) is 10.9. The van der Waals surface area contributed by atoms with Crippen molar-refractivity contribution in [2.24, 2.45) is 0 Å². The van der Waals surface area contributed by atoms with Crippen LogP contribution >= 0.6 is 0 Å². The van der Waals surface area contributed by atoms with Crippen LogP contribution in [0.1, 0.15) is 0 Å². The van der Waals surface area contributed by atoms with Gasteiger partial charge in [-0.05, 0) is 102 Å². The highest BCUT2D eigenvalue weighted by molar-refractivity contribution is 6.21. The molecule has 0 aromatic heterocycles. The van der Waals surface area contributed by atoms with Crippen LogP contribution in [0.25, 0.3) is 76.8 Å². The van der Waals surface area contributed by atoms with Gasteiger partial charge in [-0.3, -0.25) is 0 Å². The first-order chi connectivity index (χ1) is 27.3. The molecule has 0 aliphatic rings. The van der Waals surface area contributed by atoms with E-state index in [1.165, 1.54) is 76.8 Å². The molecule has 0 bridgehead atoms. The maximum absolute atomic E-state index is 2.44. The van der Waals surface area contributed by atoms with E-state index in [1.54, 1.807) is 0 Å². The normalized spacial score (nSPS) is 11.3. The van der Waals surface area contributed by atoms with Crippen molar-refractivity contribution in [3.05, 3.63) is 224 Å². The Morgan fingerprint density at radius 3 is 1.25 bits per heavy atom. The molecule has 0 saturated carbocycles. The van der Waals surface area contributed by atoms with Crippen molar-refractivity contribution in [1.82, 2.24) is 0 Å². The van der Waals surface area contributed by atoms with Crippen LogP contribution < -0.4 is 4.90 Å². The lowest BCUT2D eigenvalue weighted by Crippen LogP contribution is -2.11. The smallest absolute Gasteiger partial charge is 0.0546 e. The van der Waals surface area contributed by atoms with Crippen LogP contribution in [0.5, 0.6) is 0 Å². The van der Waals surface area contributed by atoms with Crippen molar-refractivity contribution in [2.75, 3.05) is 4.90 Å². The molecular weight excluding hydrogens is 663 g/mol. The minimum absolute atomic E-state index is 1.10. The SMILES string of the molecule is c1ccc(-c2ccc(-c3ccc(N(c4cccc(-c5ccc(-c6ccccc6)cc5)c4)c4cc5c6ccccc6ccc5c5ccccc45)cc3)cc2)cc1. The Balaban J connectivity index is 1.12. The number of fused-ring (bicyclic) bond motifs is 5. The Morgan fingerprint density at radius 1 is 0.218 bits per heavy atom. The summed E-state index contributed by atoms with van der Waals surface area (Å²) >= 11 is 0. The molecule has 258 valence electrons. The lowest BCUT2D eigenvalue weighted by atomic mass is 9.94. The Hall–Kier alpha value is -7.22. The van der Waals surface area contributed by atoms with Gasteiger partial charge in [0.2, 0.25) is 0 Å². The lowest BCUT2D eigenvalue weighted by molar-refractivity contribution is 1.30. The van der Waals surface area contributed by atoms with Gasteiger partial charge in [0.15, 0.2) is 0 Å². The van der Waals surface area contributed by atoms with Gasteiger partial charge in [-0.2, -0.15) is 0 Å². The van der Waals surface area contributed by atoms with Gasteiger partial charge in [0.25, 0.3) is 0 Å². The monoisotopic (exact) mass is 699 g/mol. The quantitative estimate of drug-likeness (QED) is 0.150. The molecule has 0 radical (unpaired) electrons. The minimum atomic E-state index is 1.10. The van der Waals surface area contributed by atoms with Gasteiger partial charge in [-0.25, -0.2) is 0 Å². The molecule has 0 atom stereocenters. The van der Waals surface area contributed by atoms with Gasteiger partial charge in [0, 0.05) is 16.8 Å². The Labute approximate surface area is 322 Å². The van der Waals surface area contributed by atoms with Crippen LogP contribution in [0.15, 0.2) is 224 Å². The van der Waals surface area contributed by atoms with E-state index in [-0.39, 0.29) is 0 Å². The van der Waals surface area contributed by atoms with Crippen molar-refractivity contribution < 1.29 is 0 Å². The van der Waals surface area contributed by atoms with Crippen molar-refractivity contribution in [2.45, 2.75) is 0 Å². The zero-order chi connectivity index (χ0) is 36.6. The van der Waals surface area contributed by atoms with Crippen LogP contribution in [0.2, 0.25) is 0 Å². The molecule has 0 heterocycles. The van der Waals surface area contributed by atoms with Gasteiger partial charge in [0.05, 0.1) is 5.69 Å². The van der Waals surface area contributed by atoms with Crippen molar-refractivity contribution >= 4 is 49.4 Å². The maximum Gasteiger partial charge on any atom is 0.0546 e.